The zero-order chi connectivity index (χ0) is 20.3. The number of imidazole rings is 1. The van der Waals surface area contributed by atoms with Gasteiger partial charge in [-0.2, -0.15) is 0 Å². The van der Waals surface area contributed by atoms with E-state index in [1.807, 2.05) is 54.6 Å². The molecule has 30 heavy (non-hydrogen) atoms. The number of H-pyrrole nitrogens is 1. The number of carbonyl (C=O) groups is 1. The van der Waals surface area contributed by atoms with E-state index in [9.17, 15) is 4.79 Å². The lowest BCUT2D eigenvalue weighted by Crippen LogP contribution is -2.23. The van der Waals surface area contributed by atoms with Gasteiger partial charge in [-0.3, -0.25) is 4.79 Å². The molecule has 1 aliphatic heterocycles. The first kappa shape index (κ1) is 18.7. The van der Waals surface area contributed by atoms with Crippen molar-refractivity contribution < 1.29 is 14.3 Å². The number of ether oxygens (including phenoxy) is 2. The van der Waals surface area contributed by atoms with Crippen molar-refractivity contribution >= 4 is 28.3 Å². The third-order valence-corrected chi connectivity index (χ3v) is 6.10. The first-order valence-corrected chi connectivity index (χ1v) is 10.8. The number of para-hydroxylation sites is 2. The standard InChI is InChI=1S/C23H21N3O3S/c27-23(24-11-3-6-22-25-16-4-1-2-5-17(16)26-22)21-10-9-20(30-21)15-7-8-18-19(14-15)29-13-12-28-18/h1-2,4-5,7-10,14H,3,6,11-13H2,(H,24,27)(H,25,26). The Morgan fingerprint density at radius 1 is 1.07 bits per heavy atom. The minimum absolute atomic E-state index is 0.0478. The molecule has 0 unspecified atom stereocenters. The highest BCUT2D eigenvalue weighted by Gasteiger charge is 2.15. The molecule has 4 aromatic rings. The lowest BCUT2D eigenvalue weighted by Gasteiger charge is -2.18. The summed E-state index contributed by atoms with van der Waals surface area (Å²) in [7, 11) is 0. The number of rotatable bonds is 6. The van der Waals surface area contributed by atoms with E-state index < -0.39 is 0 Å². The van der Waals surface area contributed by atoms with Gasteiger partial charge in [0.2, 0.25) is 0 Å². The van der Waals surface area contributed by atoms with Crippen LogP contribution in [0, 0.1) is 0 Å². The normalized spacial score (nSPS) is 12.8. The van der Waals surface area contributed by atoms with Crippen LogP contribution in [0.3, 0.4) is 0 Å². The van der Waals surface area contributed by atoms with Gasteiger partial charge in [-0.25, -0.2) is 4.98 Å². The van der Waals surface area contributed by atoms with Gasteiger partial charge >= 0.3 is 0 Å². The number of hydrogen-bond acceptors (Lipinski definition) is 5. The number of fused-ring (bicyclic) bond motifs is 2. The summed E-state index contributed by atoms with van der Waals surface area (Å²) < 4.78 is 11.2. The molecular weight excluding hydrogens is 398 g/mol. The predicted molar refractivity (Wildman–Crippen MR) is 117 cm³/mol. The first-order valence-electron chi connectivity index (χ1n) is 9.98. The van der Waals surface area contributed by atoms with E-state index >= 15 is 0 Å². The van der Waals surface area contributed by atoms with Crippen molar-refractivity contribution in [1.82, 2.24) is 15.3 Å². The summed E-state index contributed by atoms with van der Waals surface area (Å²) in [4.78, 5) is 22.1. The number of aromatic amines is 1. The smallest absolute Gasteiger partial charge is 0.261 e. The minimum atomic E-state index is -0.0478. The van der Waals surface area contributed by atoms with Gasteiger partial charge in [0.1, 0.15) is 19.0 Å². The van der Waals surface area contributed by atoms with Gasteiger partial charge in [0.05, 0.1) is 15.9 Å². The number of nitrogens with zero attached hydrogens (tertiary/aromatic N) is 1. The van der Waals surface area contributed by atoms with Crippen LogP contribution in [0.25, 0.3) is 21.5 Å². The Bertz CT molecular complexity index is 1160. The van der Waals surface area contributed by atoms with Crippen molar-refractivity contribution in [1.29, 1.82) is 0 Å². The molecule has 7 heteroatoms. The maximum atomic E-state index is 12.5. The fourth-order valence-electron chi connectivity index (χ4n) is 3.48. The van der Waals surface area contributed by atoms with Crippen LogP contribution in [-0.2, 0) is 6.42 Å². The lowest BCUT2D eigenvalue weighted by molar-refractivity contribution is 0.0957. The van der Waals surface area contributed by atoms with E-state index in [0.717, 1.165) is 51.6 Å². The van der Waals surface area contributed by atoms with Crippen molar-refractivity contribution in [2.75, 3.05) is 19.8 Å². The van der Waals surface area contributed by atoms with E-state index in [-0.39, 0.29) is 5.91 Å². The molecule has 0 aliphatic carbocycles. The highest BCUT2D eigenvalue weighted by atomic mass is 32.1. The van der Waals surface area contributed by atoms with Gasteiger partial charge in [0.25, 0.3) is 5.91 Å². The average Bonchev–Trinajstić information content (AvgIpc) is 3.43. The summed E-state index contributed by atoms with van der Waals surface area (Å²) in [5.74, 6) is 2.42. The van der Waals surface area contributed by atoms with Crippen LogP contribution in [0.4, 0.5) is 0 Å². The molecule has 2 aromatic heterocycles. The number of aromatic nitrogens is 2. The van der Waals surface area contributed by atoms with Gasteiger partial charge in [-0.15, -0.1) is 11.3 Å². The molecule has 0 saturated heterocycles. The van der Waals surface area contributed by atoms with Crippen LogP contribution in [-0.4, -0.2) is 35.6 Å². The maximum absolute atomic E-state index is 12.5. The molecule has 3 heterocycles. The Balaban J connectivity index is 1.16. The summed E-state index contributed by atoms with van der Waals surface area (Å²) in [6, 6.07) is 17.7. The third-order valence-electron chi connectivity index (χ3n) is 4.97. The van der Waals surface area contributed by atoms with E-state index in [0.29, 0.717) is 24.6 Å². The molecule has 1 amide bonds. The van der Waals surface area contributed by atoms with Crippen LogP contribution in [0.15, 0.2) is 54.6 Å². The fourth-order valence-corrected chi connectivity index (χ4v) is 4.40. The molecule has 0 fully saturated rings. The zero-order valence-electron chi connectivity index (χ0n) is 16.3. The van der Waals surface area contributed by atoms with E-state index in [2.05, 4.69) is 15.3 Å². The Hall–Kier alpha value is -3.32. The number of hydrogen-bond donors (Lipinski definition) is 2. The van der Waals surface area contributed by atoms with Crippen molar-refractivity contribution in [2.45, 2.75) is 12.8 Å². The van der Waals surface area contributed by atoms with Crippen molar-refractivity contribution in [3.63, 3.8) is 0 Å². The summed E-state index contributed by atoms with van der Waals surface area (Å²) in [5, 5.41) is 3.00. The Morgan fingerprint density at radius 2 is 1.93 bits per heavy atom. The Labute approximate surface area is 177 Å². The molecule has 0 spiro atoms. The van der Waals surface area contributed by atoms with Crippen LogP contribution in [0.2, 0.25) is 0 Å². The van der Waals surface area contributed by atoms with Gasteiger partial charge in [0, 0.05) is 17.8 Å². The molecule has 0 atom stereocenters. The summed E-state index contributed by atoms with van der Waals surface area (Å²) in [5.41, 5.74) is 3.04. The molecule has 0 bridgehead atoms. The van der Waals surface area contributed by atoms with Crippen molar-refractivity contribution in [2.24, 2.45) is 0 Å². The fraction of sp³-hybridized carbons (Fsp3) is 0.217. The summed E-state index contributed by atoms with van der Waals surface area (Å²) >= 11 is 1.48. The van der Waals surface area contributed by atoms with Crippen LogP contribution < -0.4 is 14.8 Å². The highest BCUT2D eigenvalue weighted by Crippen LogP contribution is 2.36. The first-order chi connectivity index (χ1) is 14.8. The van der Waals surface area contributed by atoms with E-state index in [1.165, 1.54) is 11.3 Å². The molecule has 1 aliphatic rings. The number of benzene rings is 2. The number of carbonyl (C=O) groups excluding carboxylic acids is 1. The maximum Gasteiger partial charge on any atom is 0.261 e. The molecule has 5 rings (SSSR count). The summed E-state index contributed by atoms with van der Waals surface area (Å²) in [6.45, 7) is 1.74. The second-order valence-electron chi connectivity index (χ2n) is 7.08. The van der Waals surface area contributed by atoms with Gasteiger partial charge < -0.3 is 19.8 Å². The van der Waals surface area contributed by atoms with Crippen molar-refractivity contribution in [3.05, 3.63) is 65.3 Å². The van der Waals surface area contributed by atoms with Gasteiger partial charge in [-0.05, 0) is 54.4 Å². The predicted octanol–water partition coefficient (Wildman–Crippen LogP) is 4.43. The topological polar surface area (TPSA) is 76.2 Å². The quantitative estimate of drug-likeness (QED) is 0.454. The number of thiophene rings is 1. The molecule has 2 aromatic carbocycles. The number of nitrogens with one attached hydrogen (secondary N) is 2. The molecule has 2 N–H and O–H groups in total. The van der Waals surface area contributed by atoms with E-state index in [1.54, 1.807) is 0 Å². The Kier molecular flexibility index (Phi) is 5.11. The summed E-state index contributed by atoms with van der Waals surface area (Å²) in [6.07, 6.45) is 1.62. The number of amides is 1. The SMILES string of the molecule is O=C(NCCCc1nc2ccccc2[nH]1)c1ccc(-c2ccc3c(c2)OCCO3)s1. The third kappa shape index (κ3) is 3.89. The van der Waals surface area contributed by atoms with Crippen molar-refractivity contribution in [3.8, 4) is 21.9 Å². The van der Waals surface area contributed by atoms with Gasteiger partial charge in [0.15, 0.2) is 11.5 Å². The molecular formula is C23H21N3O3S. The van der Waals surface area contributed by atoms with Gasteiger partial charge in [-0.1, -0.05) is 12.1 Å². The second kappa shape index (κ2) is 8.20. The number of aryl methyl sites for hydroxylation is 1. The molecule has 0 radical (unpaired) electrons. The van der Waals surface area contributed by atoms with Crippen LogP contribution in [0.5, 0.6) is 11.5 Å². The molecule has 152 valence electrons. The zero-order valence-corrected chi connectivity index (χ0v) is 17.1. The van der Waals surface area contributed by atoms with Crippen LogP contribution in [0.1, 0.15) is 21.9 Å². The monoisotopic (exact) mass is 419 g/mol. The highest BCUT2D eigenvalue weighted by molar-refractivity contribution is 7.17. The van der Waals surface area contributed by atoms with E-state index in [4.69, 9.17) is 9.47 Å². The largest absolute Gasteiger partial charge is 0.486 e. The second-order valence-corrected chi connectivity index (χ2v) is 8.17. The van der Waals surface area contributed by atoms with Crippen LogP contribution >= 0.6 is 11.3 Å². The average molecular weight is 420 g/mol. The minimum Gasteiger partial charge on any atom is -0.486 e. The Morgan fingerprint density at radius 3 is 2.83 bits per heavy atom. The lowest BCUT2D eigenvalue weighted by atomic mass is 10.1. The molecule has 0 saturated carbocycles. The molecule has 6 nitrogen and oxygen atoms in total.